The summed E-state index contributed by atoms with van der Waals surface area (Å²) in [5, 5.41) is 2.86. The number of benzene rings is 1. The van der Waals surface area contributed by atoms with Crippen LogP contribution in [0.15, 0.2) is 24.3 Å². The third-order valence-corrected chi connectivity index (χ3v) is 3.32. The van der Waals surface area contributed by atoms with Gasteiger partial charge in [-0.05, 0) is 44.7 Å². The number of anilines is 1. The smallest absolute Gasteiger partial charge is 0.244 e. The summed E-state index contributed by atoms with van der Waals surface area (Å²) in [4.78, 5) is 12.1. The van der Waals surface area contributed by atoms with Gasteiger partial charge in [-0.3, -0.25) is 4.79 Å². The Hall–Kier alpha value is -1.55. The van der Waals surface area contributed by atoms with Gasteiger partial charge in [0.1, 0.15) is 5.75 Å². The number of carbonyl (C=O) groups is 1. The molecule has 0 bridgehead atoms. The minimum atomic E-state index is -0.776. The molecule has 1 atom stereocenters. The van der Waals surface area contributed by atoms with E-state index in [-0.39, 0.29) is 5.91 Å². The van der Waals surface area contributed by atoms with E-state index in [9.17, 15) is 4.79 Å². The second kappa shape index (κ2) is 4.98. The van der Waals surface area contributed by atoms with E-state index in [0.717, 1.165) is 24.3 Å². The zero-order valence-electron chi connectivity index (χ0n) is 10.9. The lowest BCUT2D eigenvalue weighted by Gasteiger charge is -2.23. The summed E-state index contributed by atoms with van der Waals surface area (Å²) < 4.78 is 5.39. The number of carbonyl (C=O) groups excluding carboxylic acids is 1. The number of nitrogens with one attached hydrogen (secondary N) is 1. The van der Waals surface area contributed by atoms with Gasteiger partial charge < -0.3 is 15.8 Å². The molecule has 1 saturated carbocycles. The predicted octanol–water partition coefficient (Wildman–Crippen LogP) is 2.15. The normalized spacial score (nSPS) is 17.9. The molecule has 0 spiro atoms. The lowest BCUT2D eigenvalue weighted by molar-refractivity contribution is -0.121. The fourth-order valence-corrected chi connectivity index (χ4v) is 1.96. The van der Waals surface area contributed by atoms with Gasteiger partial charge in [-0.1, -0.05) is 6.07 Å². The Labute approximate surface area is 108 Å². The first-order chi connectivity index (χ1) is 8.54. The molecule has 18 heavy (non-hydrogen) atoms. The molecule has 4 heteroatoms. The van der Waals surface area contributed by atoms with Crippen molar-refractivity contribution in [2.45, 2.75) is 32.2 Å². The van der Waals surface area contributed by atoms with E-state index < -0.39 is 5.54 Å². The molecule has 3 N–H and O–H groups in total. The van der Waals surface area contributed by atoms with Gasteiger partial charge in [0.05, 0.1) is 12.1 Å². The van der Waals surface area contributed by atoms with Gasteiger partial charge in [0.15, 0.2) is 0 Å². The lowest BCUT2D eigenvalue weighted by Crippen LogP contribution is -2.50. The molecule has 98 valence electrons. The molecule has 1 unspecified atom stereocenters. The molecular weight excluding hydrogens is 228 g/mol. The standard InChI is InChI=1S/C14H20N2O2/c1-3-18-12-6-4-5-11(9-12)16-13(17)14(2,15)10-7-8-10/h4-6,9-10H,3,7-8,15H2,1-2H3,(H,16,17). The van der Waals surface area contributed by atoms with Crippen molar-refractivity contribution < 1.29 is 9.53 Å². The molecule has 0 radical (unpaired) electrons. The molecule has 1 aromatic carbocycles. The average Bonchev–Trinajstić information content (AvgIpc) is 3.13. The summed E-state index contributed by atoms with van der Waals surface area (Å²) in [6.07, 6.45) is 2.08. The Balaban J connectivity index is 2.04. The molecule has 2 rings (SSSR count). The highest BCUT2D eigenvalue weighted by Crippen LogP contribution is 2.38. The fourth-order valence-electron chi connectivity index (χ4n) is 1.96. The molecule has 0 aliphatic heterocycles. The minimum Gasteiger partial charge on any atom is -0.494 e. The fraction of sp³-hybridized carbons (Fsp3) is 0.500. The monoisotopic (exact) mass is 248 g/mol. The van der Waals surface area contributed by atoms with Crippen molar-refractivity contribution in [3.05, 3.63) is 24.3 Å². The van der Waals surface area contributed by atoms with Crippen molar-refractivity contribution in [1.82, 2.24) is 0 Å². The Morgan fingerprint density at radius 1 is 1.56 bits per heavy atom. The van der Waals surface area contributed by atoms with Crippen molar-refractivity contribution in [2.75, 3.05) is 11.9 Å². The third kappa shape index (κ3) is 2.82. The van der Waals surface area contributed by atoms with Crippen LogP contribution in [0.5, 0.6) is 5.75 Å². The summed E-state index contributed by atoms with van der Waals surface area (Å²) in [6.45, 7) is 4.33. The third-order valence-electron chi connectivity index (χ3n) is 3.32. The molecule has 1 aliphatic rings. The number of ether oxygens (including phenoxy) is 1. The number of nitrogens with two attached hydrogens (primary N) is 1. The van der Waals surface area contributed by atoms with E-state index in [1.807, 2.05) is 31.2 Å². The quantitative estimate of drug-likeness (QED) is 0.839. The van der Waals surface area contributed by atoms with Crippen molar-refractivity contribution in [3.63, 3.8) is 0 Å². The highest BCUT2D eigenvalue weighted by atomic mass is 16.5. The van der Waals surface area contributed by atoms with Crippen molar-refractivity contribution >= 4 is 11.6 Å². The van der Waals surface area contributed by atoms with E-state index in [0.29, 0.717) is 12.5 Å². The molecule has 0 aromatic heterocycles. The van der Waals surface area contributed by atoms with Gasteiger partial charge in [-0.2, -0.15) is 0 Å². The van der Waals surface area contributed by atoms with E-state index in [2.05, 4.69) is 5.32 Å². The first-order valence-corrected chi connectivity index (χ1v) is 6.37. The molecule has 0 heterocycles. The molecule has 4 nitrogen and oxygen atoms in total. The largest absolute Gasteiger partial charge is 0.494 e. The molecule has 1 aromatic rings. The number of amides is 1. The van der Waals surface area contributed by atoms with Crippen LogP contribution in [0.2, 0.25) is 0 Å². The van der Waals surface area contributed by atoms with Gasteiger partial charge in [-0.25, -0.2) is 0 Å². The molecule has 1 amide bonds. The summed E-state index contributed by atoms with van der Waals surface area (Å²) in [6, 6.07) is 7.36. The summed E-state index contributed by atoms with van der Waals surface area (Å²) in [5.41, 5.74) is 6.02. The zero-order chi connectivity index (χ0) is 13.2. The van der Waals surface area contributed by atoms with Gasteiger partial charge >= 0.3 is 0 Å². The minimum absolute atomic E-state index is 0.126. The van der Waals surface area contributed by atoms with Crippen molar-refractivity contribution in [2.24, 2.45) is 11.7 Å². The Morgan fingerprint density at radius 3 is 2.89 bits per heavy atom. The van der Waals surface area contributed by atoms with Gasteiger partial charge in [-0.15, -0.1) is 0 Å². The predicted molar refractivity (Wildman–Crippen MR) is 71.6 cm³/mol. The lowest BCUT2D eigenvalue weighted by atomic mass is 9.96. The Kier molecular flexibility index (Phi) is 3.57. The SMILES string of the molecule is CCOc1cccc(NC(=O)C(C)(N)C2CC2)c1. The molecule has 1 fully saturated rings. The average molecular weight is 248 g/mol. The van der Waals surface area contributed by atoms with Crippen molar-refractivity contribution in [1.29, 1.82) is 0 Å². The Bertz CT molecular complexity index is 439. The van der Waals surface area contributed by atoms with Gasteiger partial charge in [0.2, 0.25) is 5.91 Å². The van der Waals surface area contributed by atoms with Gasteiger partial charge in [0.25, 0.3) is 0 Å². The summed E-state index contributed by atoms with van der Waals surface area (Å²) in [5.74, 6) is 0.937. The van der Waals surface area contributed by atoms with E-state index >= 15 is 0 Å². The van der Waals surface area contributed by atoms with Crippen LogP contribution >= 0.6 is 0 Å². The van der Waals surface area contributed by atoms with Crippen LogP contribution in [0.1, 0.15) is 26.7 Å². The first-order valence-electron chi connectivity index (χ1n) is 6.37. The topological polar surface area (TPSA) is 64.3 Å². The number of rotatable bonds is 5. The van der Waals surface area contributed by atoms with Gasteiger partial charge in [0, 0.05) is 11.8 Å². The van der Waals surface area contributed by atoms with E-state index in [1.54, 1.807) is 6.92 Å². The van der Waals surface area contributed by atoms with Crippen LogP contribution in [0, 0.1) is 5.92 Å². The van der Waals surface area contributed by atoms with E-state index in [4.69, 9.17) is 10.5 Å². The van der Waals surface area contributed by atoms with Crippen molar-refractivity contribution in [3.8, 4) is 5.75 Å². The first kappa shape index (κ1) is 12.9. The number of hydrogen-bond acceptors (Lipinski definition) is 3. The highest BCUT2D eigenvalue weighted by Gasteiger charge is 2.44. The molecule has 1 aliphatic carbocycles. The maximum atomic E-state index is 12.1. The van der Waals surface area contributed by atoms with E-state index in [1.165, 1.54) is 0 Å². The molecular formula is C14H20N2O2. The Morgan fingerprint density at radius 2 is 2.28 bits per heavy atom. The van der Waals surface area contributed by atoms with Crippen LogP contribution < -0.4 is 15.8 Å². The van der Waals surface area contributed by atoms with Crippen LogP contribution in [0.25, 0.3) is 0 Å². The summed E-state index contributed by atoms with van der Waals surface area (Å²) in [7, 11) is 0. The number of hydrogen-bond donors (Lipinski definition) is 2. The zero-order valence-corrected chi connectivity index (χ0v) is 10.9. The van der Waals surface area contributed by atoms with Crippen LogP contribution in [0.4, 0.5) is 5.69 Å². The van der Waals surface area contributed by atoms with Crippen LogP contribution in [0.3, 0.4) is 0 Å². The summed E-state index contributed by atoms with van der Waals surface area (Å²) >= 11 is 0. The highest BCUT2D eigenvalue weighted by molar-refractivity contribution is 5.98. The maximum Gasteiger partial charge on any atom is 0.244 e. The second-order valence-corrected chi connectivity index (χ2v) is 4.97. The molecule has 0 saturated heterocycles. The van der Waals surface area contributed by atoms with Crippen LogP contribution in [-0.4, -0.2) is 18.1 Å². The van der Waals surface area contributed by atoms with Crippen LogP contribution in [-0.2, 0) is 4.79 Å². The maximum absolute atomic E-state index is 12.1. The second-order valence-electron chi connectivity index (χ2n) is 4.97.